The molecule has 0 saturated heterocycles. The molecule has 0 heterocycles. The Hall–Kier alpha value is -1.77. The van der Waals surface area contributed by atoms with Gasteiger partial charge in [-0.05, 0) is 83.1 Å². The highest BCUT2D eigenvalue weighted by Gasteiger charge is 2.27. The molecule has 0 saturated carbocycles. The monoisotopic (exact) mass is 1100 g/mol. The number of hydrogen-bond acceptors (Lipinski definition) is 7. The van der Waals surface area contributed by atoms with Gasteiger partial charge >= 0.3 is 5.97 Å². The minimum absolute atomic E-state index is 0.0218. The molecule has 0 bridgehead atoms. The molecular formula is C67H129N2O7P. The molecule has 0 aromatic carbocycles. The number of ether oxygens (including phenoxy) is 1. The van der Waals surface area contributed by atoms with E-state index in [1.165, 1.54) is 218 Å². The van der Waals surface area contributed by atoms with E-state index in [0.29, 0.717) is 17.4 Å². The zero-order valence-electron chi connectivity index (χ0n) is 51.9. The molecule has 3 unspecified atom stereocenters. The van der Waals surface area contributed by atoms with Crippen molar-refractivity contribution in [3.63, 3.8) is 0 Å². The summed E-state index contributed by atoms with van der Waals surface area (Å²) in [5.74, 6) is -0.537. The van der Waals surface area contributed by atoms with E-state index in [2.05, 4.69) is 50.4 Å². The Morgan fingerprint density at radius 1 is 0.442 bits per heavy atom. The van der Waals surface area contributed by atoms with Crippen LogP contribution in [0.25, 0.3) is 0 Å². The summed E-state index contributed by atoms with van der Waals surface area (Å²) in [4.78, 5) is 40.0. The van der Waals surface area contributed by atoms with E-state index in [-0.39, 0.29) is 31.5 Å². The van der Waals surface area contributed by atoms with Gasteiger partial charge in [-0.1, -0.05) is 269 Å². The first-order valence-corrected chi connectivity index (χ1v) is 34.8. The summed E-state index contributed by atoms with van der Waals surface area (Å²) >= 11 is 0. The molecule has 0 spiro atoms. The van der Waals surface area contributed by atoms with E-state index < -0.39 is 20.0 Å². The van der Waals surface area contributed by atoms with Crippen molar-refractivity contribution >= 4 is 19.7 Å². The van der Waals surface area contributed by atoms with Gasteiger partial charge in [-0.2, -0.15) is 0 Å². The Balaban J connectivity index is 5.12. The van der Waals surface area contributed by atoms with Crippen LogP contribution in [0, 0.1) is 0 Å². The standard InChI is InChI=1S/C67H129N2O7P/c1-7-10-13-16-19-22-25-28-30-32-33-34-35-36-37-38-40-42-45-48-51-54-57-60-67(71)76-65(58-55-52-49-46-43-27-24-21-18-15-12-9-3)64(63-75-77(72,73)74-62-61-69(4,5)6)68-66(70)59-56-53-50-47-44-41-39-31-29-26-23-20-17-14-11-8-2/h28,30-31,39,55,58,64-65H,7-27,29,32-38,40-54,56-57,59-63H2,1-6H3,(H-,68,70,72,73)/b30-28+,39-31+,58-55-. The van der Waals surface area contributed by atoms with Crippen molar-refractivity contribution in [2.24, 2.45) is 0 Å². The van der Waals surface area contributed by atoms with Crippen molar-refractivity contribution in [2.45, 2.75) is 341 Å². The number of rotatable bonds is 61. The van der Waals surface area contributed by atoms with Gasteiger partial charge < -0.3 is 28.5 Å². The summed E-state index contributed by atoms with van der Waals surface area (Å²) in [6.45, 7) is 6.87. The number of carbonyl (C=O) groups is 2. The number of unbranched alkanes of at least 4 members (excludes halogenated alkanes) is 41. The van der Waals surface area contributed by atoms with Gasteiger partial charge in [0, 0.05) is 12.8 Å². The normalized spacial score (nSPS) is 13.8. The van der Waals surface area contributed by atoms with E-state index in [1.54, 1.807) is 0 Å². The predicted octanol–water partition coefficient (Wildman–Crippen LogP) is 20.0. The van der Waals surface area contributed by atoms with Crippen molar-refractivity contribution in [3.05, 3.63) is 36.5 Å². The first-order chi connectivity index (χ1) is 37.4. The lowest BCUT2D eigenvalue weighted by atomic mass is 10.0. The number of carbonyl (C=O) groups excluding carboxylic acids is 2. The van der Waals surface area contributed by atoms with Crippen LogP contribution in [-0.2, 0) is 27.9 Å². The molecule has 1 N–H and O–H groups in total. The SMILES string of the molecule is CCCCCCCC/C=C/CCCCCCCCCCCCCCCC(=O)OC(/C=C\CCCCCCCCCCCC)C(COP(=O)([O-])OCC[N+](C)(C)C)NC(=O)CCCCCCC/C=C/CCCCCCCCC. The average molecular weight is 1110 g/mol. The second-order valence-electron chi connectivity index (χ2n) is 24.0. The van der Waals surface area contributed by atoms with E-state index >= 15 is 0 Å². The number of hydrogen-bond donors (Lipinski definition) is 1. The highest BCUT2D eigenvalue weighted by Crippen LogP contribution is 2.38. The van der Waals surface area contributed by atoms with E-state index in [0.717, 1.165) is 77.0 Å². The Morgan fingerprint density at radius 3 is 1.10 bits per heavy atom. The lowest BCUT2D eigenvalue weighted by Gasteiger charge is -2.30. The number of phosphoric ester groups is 1. The molecule has 0 fully saturated rings. The second-order valence-corrected chi connectivity index (χ2v) is 25.4. The van der Waals surface area contributed by atoms with E-state index in [4.69, 9.17) is 13.8 Å². The molecular weight excluding hydrogens is 976 g/mol. The highest BCUT2D eigenvalue weighted by atomic mass is 31.2. The minimum atomic E-state index is -4.70. The number of phosphoric acid groups is 1. The number of nitrogens with zero attached hydrogens (tertiary/aromatic N) is 1. The zero-order valence-corrected chi connectivity index (χ0v) is 52.8. The van der Waals surface area contributed by atoms with Crippen LogP contribution in [0.1, 0.15) is 329 Å². The first kappa shape index (κ1) is 75.2. The van der Waals surface area contributed by atoms with Gasteiger partial charge in [-0.15, -0.1) is 0 Å². The lowest BCUT2D eigenvalue weighted by molar-refractivity contribution is -0.870. The summed E-state index contributed by atoms with van der Waals surface area (Å²) in [6, 6.07) is -0.890. The first-order valence-electron chi connectivity index (χ1n) is 33.3. The number of quaternary nitrogens is 1. The molecule has 9 nitrogen and oxygen atoms in total. The van der Waals surface area contributed by atoms with Crippen LogP contribution in [0.4, 0.5) is 0 Å². The Bertz CT molecular complexity index is 1410. The van der Waals surface area contributed by atoms with Crippen LogP contribution in [-0.4, -0.2) is 69.4 Å². The average Bonchev–Trinajstić information content (AvgIpc) is 3.39. The van der Waals surface area contributed by atoms with Crippen molar-refractivity contribution < 1.29 is 37.3 Å². The predicted molar refractivity (Wildman–Crippen MR) is 330 cm³/mol. The molecule has 3 atom stereocenters. The second kappa shape index (κ2) is 57.5. The van der Waals surface area contributed by atoms with Gasteiger partial charge in [0.05, 0.1) is 33.8 Å². The van der Waals surface area contributed by atoms with Gasteiger partial charge in [-0.3, -0.25) is 14.2 Å². The topological polar surface area (TPSA) is 114 Å². The number of likely N-dealkylation sites (N-methyl/N-ethyl adjacent to an activating group) is 1. The molecule has 10 heteroatoms. The van der Waals surface area contributed by atoms with Crippen LogP contribution in [0.5, 0.6) is 0 Å². The van der Waals surface area contributed by atoms with Crippen LogP contribution >= 0.6 is 7.82 Å². The maximum atomic E-state index is 13.5. The summed E-state index contributed by atoms with van der Waals surface area (Å²) in [7, 11) is 1.19. The summed E-state index contributed by atoms with van der Waals surface area (Å²) < 4.78 is 30.4. The van der Waals surface area contributed by atoms with Gasteiger partial charge in [0.1, 0.15) is 19.3 Å². The molecule has 454 valence electrons. The van der Waals surface area contributed by atoms with Crippen molar-refractivity contribution in [1.29, 1.82) is 0 Å². The maximum Gasteiger partial charge on any atom is 0.306 e. The third-order valence-electron chi connectivity index (χ3n) is 15.0. The van der Waals surface area contributed by atoms with Crippen molar-refractivity contribution in [2.75, 3.05) is 40.9 Å². The van der Waals surface area contributed by atoms with E-state index in [9.17, 15) is 19.0 Å². The lowest BCUT2D eigenvalue weighted by Crippen LogP contribution is -2.47. The molecule has 0 aliphatic carbocycles. The fourth-order valence-corrected chi connectivity index (χ4v) is 10.6. The summed E-state index contributed by atoms with van der Waals surface area (Å²) in [5.41, 5.74) is 0. The molecule has 1 amide bonds. The summed E-state index contributed by atoms with van der Waals surface area (Å²) in [5, 5.41) is 3.03. The molecule has 0 radical (unpaired) electrons. The zero-order chi connectivity index (χ0) is 56.4. The summed E-state index contributed by atoms with van der Waals surface area (Å²) in [6.07, 6.45) is 69.7. The number of esters is 1. The van der Waals surface area contributed by atoms with Crippen LogP contribution in [0.15, 0.2) is 36.5 Å². The Labute approximate surface area is 478 Å². The van der Waals surface area contributed by atoms with Crippen LogP contribution in [0.3, 0.4) is 0 Å². The third-order valence-corrected chi connectivity index (χ3v) is 16.0. The number of amides is 1. The highest BCUT2D eigenvalue weighted by molar-refractivity contribution is 7.45. The molecule has 0 rings (SSSR count). The van der Waals surface area contributed by atoms with Crippen molar-refractivity contribution in [3.8, 4) is 0 Å². The molecule has 0 aliphatic heterocycles. The maximum absolute atomic E-state index is 13.5. The fraction of sp³-hybridized carbons (Fsp3) is 0.881. The molecule has 0 aromatic rings. The largest absolute Gasteiger partial charge is 0.756 e. The third kappa shape index (κ3) is 58.7. The van der Waals surface area contributed by atoms with Gasteiger partial charge in [0.2, 0.25) is 5.91 Å². The van der Waals surface area contributed by atoms with Crippen molar-refractivity contribution in [1.82, 2.24) is 5.32 Å². The quantitative estimate of drug-likeness (QED) is 0.0212. The smallest absolute Gasteiger partial charge is 0.306 e. The number of allylic oxidation sites excluding steroid dienone is 5. The van der Waals surface area contributed by atoms with Gasteiger partial charge in [-0.25, -0.2) is 0 Å². The van der Waals surface area contributed by atoms with Gasteiger partial charge in [0.25, 0.3) is 7.82 Å². The fourth-order valence-electron chi connectivity index (χ4n) is 9.87. The van der Waals surface area contributed by atoms with Crippen LogP contribution < -0.4 is 10.2 Å². The Kier molecular flexibility index (Phi) is 56.1. The molecule has 0 aliphatic rings. The van der Waals surface area contributed by atoms with Crippen LogP contribution in [0.2, 0.25) is 0 Å². The number of nitrogens with one attached hydrogen (secondary N) is 1. The van der Waals surface area contributed by atoms with E-state index in [1.807, 2.05) is 33.3 Å². The molecule has 77 heavy (non-hydrogen) atoms. The molecule has 0 aromatic heterocycles. The van der Waals surface area contributed by atoms with Gasteiger partial charge in [0.15, 0.2) is 0 Å². The Morgan fingerprint density at radius 2 is 0.753 bits per heavy atom. The minimum Gasteiger partial charge on any atom is -0.756 e.